The first-order valence-corrected chi connectivity index (χ1v) is 9.76. The molecule has 1 aliphatic heterocycles. The fraction of sp³-hybridized carbons (Fsp3) is 0.450. The van der Waals surface area contributed by atoms with E-state index in [2.05, 4.69) is 25.6 Å². The summed E-state index contributed by atoms with van der Waals surface area (Å²) in [5, 5.41) is 6.22. The fourth-order valence-corrected chi connectivity index (χ4v) is 3.15. The number of anilines is 1. The molecule has 2 N–H and O–H groups in total. The minimum atomic E-state index is -0.298. The molecule has 0 bridgehead atoms. The predicted molar refractivity (Wildman–Crippen MR) is 107 cm³/mol. The molecule has 3 heterocycles. The van der Waals surface area contributed by atoms with Crippen LogP contribution < -0.4 is 10.6 Å². The first kappa shape index (κ1) is 20.5. The number of aryl methyl sites for hydroxylation is 1. The van der Waals surface area contributed by atoms with Gasteiger partial charge < -0.3 is 20.3 Å². The molecule has 0 atom stereocenters. The lowest BCUT2D eigenvalue weighted by Crippen LogP contribution is -2.46. The Balaban J connectivity index is 1.55. The summed E-state index contributed by atoms with van der Waals surface area (Å²) in [6.07, 6.45) is 4.53. The highest BCUT2D eigenvalue weighted by molar-refractivity contribution is 5.93. The third-order valence-corrected chi connectivity index (χ3v) is 4.65. The molecule has 0 radical (unpaired) electrons. The molecule has 154 valence electrons. The molecule has 9 heteroatoms. The fourth-order valence-electron chi connectivity index (χ4n) is 3.15. The van der Waals surface area contributed by atoms with Crippen LogP contribution >= 0.6 is 0 Å². The van der Waals surface area contributed by atoms with Crippen LogP contribution in [0.2, 0.25) is 0 Å². The molecule has 9 nitrogen and oxygen atoms in total. The van der Waals surface area contributed by atoms with Gasteiger partial charge in [-0.1, -0.05) is 0 Å². The second-order valence-electron chi connectivity index (χ2n) is 6.83. The summed E-state index contributed by atoms with van der Waals surface area (Å²) in [6.45, 7) is 5.60. The van der Waals surface area contributed by atoms with Gasteiger partial charge in [0, 0.05) is 44.1 Å². The van der Waals surface area contributed by atoms with E-state index in [1.54, 1.807) is 37.2 Å². The molecule has 0 unspecified atom stereocenters. The number of ether oxygens (including phenoxy) is 1. The number of likely N-dealkylation sites (tertiary alicyclic amines) is 1. The summed E-state index contributed by atoms with van der Waals surface area (Å²) < 4.78 is 5.02. The number of pyridine rings is 1. The minimum absolute atomic E-state index is 0.00308. The average Bonchev–Trinajstić information content (AvgIpc) is 2.73. The minimum Gasteiger partial charge on any atom is -0.450 e. The van der Waals surface area contributed by atoms with Crippen molar-refractivity contribution in [1.29, 1.82) is 0 Å². The summed E-state index contributed by atoms with van der Waals surface area (Å²) in [4.78, 5) is 38.7. The quantitative estimate of drug-likeness (QED) is 0.767. The predicted octanol–water partition coefficient (Wildman–Crippen LogP) is 2.14. The largest absolute Gasteiger partial charge is 0.450 e. The maximum atomic E-state index is 12.7. The third kappa shape index (κ3) is 5.87. The van der Waals surface area contributed by atoms with Crippen molar-refractivity contribution in [2.24, 2.45) is 0 Å². The molecule has 0 aromatic carbocycles. The molecule has 0 spiro atoms. The summed E-state index contributed by atoms with van der Waals surface area (Å²) in [5.41, 5.74) is 1.39. The van der Waals surface area contributed by atoms with Crippen LogP contribution in [-0.4, -0.2) is 57.6 Å². The van der Waals surface area contributed by atoms with Gasteiger partial charge >= 0.3 is 6.09 Å². The number of hydrogen-bond donors (Lipinski definition) is 2. The number of carbonyl (C=O) groups excluding carboxylic acids is 2. The van der Waals surface area contributed by atoms with Crippen molar-refractivity contribution in [3.8, 4) is 0 Å². The summed E-state index contributed by atoms with van der Waals surface area (Å²) in [7, 11) is 0. The highest BCUT2D eigenvalue weighted by Crippen LogP contribution is 2.14. The molecule has 0 saturated carbocycles. The second kappa shape index (κ2) is 9.81. The Bertz CT molecular complexity index is 837. The van der Waals surface area contributed by atoms with Gasteiger partial charge in [0.25, 0.3) is 5.91 Å². The van der Waals surface area contributed by atoms with Crippen LogP contribution in [0.1, 0.15) is 41.6 Å². The lowest BCUT2D eigenvalue weighted by molar-refractivity contribution is 0.0856. The topological polar surface area (TPSA) is 109 Å². The van der Waals surface area contributed by atoms with Crippen LogP contribution in [0, 0.1) is 6.92 Å². The molecule has 29 heavy (non-hydrogen) atoms. The first-order chi connectivity index (χ1) is 14.0. The smallest absolute Gasteiger partial charge is 0.409 e. The van der Waals surface area contributed by atoms with Crippen LogP contribution in [0.25, 0.3) is 0 Å². The molecule has 1 aliphatic rings. The van der Waals surface area contributed by atoms with Gasteiger partial charge in [-0.25, -0.2) is 14.8 Å². The Hall–Kier alpha value is -3.23. The van der Waals surface area contributed by atoms with E-state index in [4.69, 9.17) is 4.74 Å². The SMILES string of the molecule is CCOC(=O)N1CCC(NC(=O)c2cc(NCc3ccncc3)nc(C)n2)CC1. The van der Waals surface area contributed by atoms with E-state index >= 15 is 0 Å². The number of nitrogens with one attached hydrogen (secondary N) is 2. The van der Waals surface area contributed by atoms with Gasteiger partial charge in [-0.15, -0.1) is 0 Å². The van der Waals surface area contributed by atoms with Crippen molar-refractivity contribution in [2.75, 3.05) is 25.0 Å². The van der Waals surface area contributed by atoms with E-state index in [9.17, 15) is 9.59 Å². The van der Waals surface area contributed by atoms with Crippen LogP contribution in [0.5, 0.6) is 0 Å². The van der Waals surface area contributed by atoms with E-state index in [1.165, 1.54) is 0 Å². The van der Waals surface area contributed by atoms with Crippen LogP contribution in [0.3, 0.4) is 0 Å². The highest BCUT2D eigenvalue weighted by atomic mass is 16.6. The molecule has 2 amide bonds. The zero-order valence-corrected chi connectivity index (χ0v) is 16.7. The summed E-state index contributed by atoms with van der Waals surface area (Å²) in [6, 6.07) is 5.48. The maximum absolute atomic E-state index is 12.7. The van der Waals surface area contributed by atoms with Crippen molar-refractivity contribution in [3.63, 3.8) is 0 Å². The van der Waals surface area contributed by atoms with E-state index in [1.807, 2.05) is 12.1 Å². The molecule has 3 rings (SSSR count). The van der Waals surface area contributed by atoms with Crippen molar-refractivity contribution >= 4 is 17.8 Å². The van der Waals surface area contributed by atoms with Gasteiger partial charge in [0.1, 0.15) is 17.3 Å². The Kier molecular flexibility index (Phi) is 6.94. The van der Waals surface area contributed by atoms with Gasteiger partial charge in [-0.2, -0.15) is 0 Å². The number of hydrogen-bond acceptors (Lipinski definition) is 7. The Morgan fingerprint density at radius 2 is 1.93 bits per heavy atom. The van der Waals surface area contributed by atoms with E-state index < -0.39 is 0 Å². The van der Waals surface area contributed by atoms with Crippen LogP contribution in [-0.2, 0) is 11.3 Å². The molecule has 2 aromatic heterocycles. The lowest BCUT2D eigenvalue weighted by atomic mass is 10.1. The molecule has 0 aliphatic carbocycles. The Morgan fingerprint density at radius 1 is 1.21 bits per heavy atom. The lowest BCUT2D eigenvalue weighted by Gasteiger charge is -2.31. The molecular formula is C20H26N6O3. The average molecular weight is 398 g/mol. The molecule has 1 fully saturated rings. The van der Waals surface area contributed by atoms with Gasteiger partial charge in [-0.05, 0) is 44.4 Å². The standard InChI is InChI=1S/C20H26N6O3/c1-3-29-20(28)26-10-6-16(7-11-26)25-19(27)17-12-18(24-14(2)23-17)22-13-15-4-8-21-9-5-15/h4-5,8-9,12,16H,3,6-7,10-11,13H2,1-2H3,(H,25,27)(H,22,23,24). The highest BCUT2D eigenvalue weighted by Gasteiger charge is 2.25. The number of rotatable bonds is 6. The monoisotopic (exact) mass is 398 g/mol. The van der Waals surface area contributed by atoms with Gasteiger partial charge in [0.05, 0.1) is 6.61 Å². The van der Waals surface area contributed by atoms with Crippen LogP contribution in [0.15, 0.2) is 30.6 Å². The Labute approximate surface area is 169 Å². The van der Waals surface area contributed by atoms with Crippen molar-refractivity contribution < 1.29 is 14.3 Å². The number of carbonyl (C=O) groups is 2. The molecule has 1 saturated heterocycles. The van der Waals surface area contributed by atoms with Crippen molar-refractivity contribution in [1.82, 2.24) is 25.2 Å². The van der Waals surface area contributed by atoms with Gasteiger partial charge in [0.2, 0.25) is 0 Å². The van der Waals surface area contributed by atoms with Crippen molar-refractivity contribution in [2.45, 2.75) is 39.3 Å². The van der Waals surface area contributed by atoms with Gasteiger partial charge in [0.15, 0.2) is 0 Å². The number of piperidine rings is 1. The molecular weight excluding hydrogens is 372 g/mol. The van der Waals surface area contributed by atoms with E-state index in [0.717, 1.165) is 5.56 Å². The van der Waals surface area contributed by atoms with Gasteiger partial charge in [-0.3, -0.25) is 9.78 Å². The van der Waals surface area contributed by atoms with E-state index in [0.29, 0.717) is 56.4 Å². The summed E-state index contributed by atoms with van der Waals surface area (Å²) in [5.74, 6) is 0.876. The maximum Gasteiger partial charge on any atom is 0.409 e. The van der Waals surface area contributed by atoms with Crippen molar-refractivity contribution in [3.05, 3.63) is 47.7 Å². The number of amides is 2. The van der Waals surface area contributed by atoms with Crippen LogP contribution in [0.4, 0.5) is 10.6 Å². The second-order valence-corrected chi connectivity index (χ2v) is 6.83. The molecule has 2 aromatic rings. The third-order valence-electron chi connectivity index (χ3n) is 4.65. The zero-order chi connectivity index (χ0) is 20.6. The number of aromatic nitrogens is 3. The number of nitrogens with zero attached hydrogens (tertiary/aromatic N) is 4. The van der Waals surface area contributed by atoms with E-state index in [-0.39, 0.29) is 18.0 Å². The zero-order valence-electron chi connectivity index (χ0n) is 16.7. The normalized spacial score (nSPS) is 14.3. The Morgan fingerprint density at radius 3 is 2.62 bits per heavy atom. The first-order valence-electron chi connectivity index (χ1n) is 9.76. The summed E-state index contributed by atoms with van der Waals surface area (Å²) >= 11 is 0.